The minimum atomic E-state index is -2.89. The lowest BCUT2D eigenvalue weighted by Crippen LogP contribution is -2.42. The topological polar surface area (TPSA) is 54.7 Å². The first-order valence-corrected chi connectivity index (χ1v) is 9.09. The van der Waals surface area contributed by atoms with Gasteiger partial charge in [-0.3, -0.25) is 9.69 Å². The molecule has 1 unspecified atom stereocenters. The van der Waals surface area contributed by atoms with Crippen LogP contribution in [-0.4, -0.2) is 30.0 Å². The summed E-state index contributed by atoms with van der Waals surface area (Å²) in [6.07, 6.45) is 3.15. The number of nitrogens with one attached hydrogen (secondary N) is 1. The third kappa shape index (κ3) is 4.82. The van der Waals surface area contributed by atoms with Crippen LogP contribution >= 0.6 is 15.9 Å². The van der Waals surface area contributed by atoms with E-state index in [1.54, 1.807) is 30.5 Å². The maximum absolute atomic E-state index is 12.6. The zero-order valence-electron chi connectivity index (χ0n) is 14.0. The second-order valence-corrected chi connectivity index (χ2v) is 6.97. The van der Waals surface area contributed by atoms with Crippen molar-refractivity contribution in [2.45, 2.75) is 38.6 Å². The summed E-state index contributed by atoms with van der Waals surface area (Å²) >= 11 is 3.35. The first-order valence-electron chi connectivity index (χ1n) is 8.30. The molecule has 1 atom stereocenters. The first kappa shape index (κ1) is 18.8. The number of hydrogen-bond acceptors (Lipinski definition) is 4. The number of rotatable bonds is 7. The normalized spacial score (nSPS) is 17.6. The third-order valence-electron chi connectivity index (χ3n) is 4.30. The highest BCUT2D eigenvalue weighted by atomic mass is 79.9. The Labute approximate surface area is 158 Å². The van der Waals surface area contributed by atoms with Gasteiger partial charge in [-0.1, -0.05) is 15.9 Å². The minimum Gasteiger partial charge on any atom is -0.467 e. The monoisotopic (exact) mass is 428 g/mol. The van der Waals surface area contributed by atoms with Crippen LogP contribution in [-0.2, 0) is 17.9 Å². The summed E-state index contributed by atoms with van der Waals surface area (Å²) in [5, 5.41) is 2.87. The zero-order chi connectivity index (χ0) is 18.5. The Bertz CT molecular complexity index is 740. The fraction of sp³-hybridized carbons (Fsp3) is 0.389. The maximum Gasteiger partial charge on any atom is 0.387 e. The number of amides is 1. The average Bonchev–Trinajstić information content (AvgIpc) is 3.26. The number of alkyl halides is 2. The van der Waals surface area contributed by atoms with Gasteiger partial charge in [0, 0.05) is 16.6 Å². The van der Waals surface area contributed by atoms with Crippen molar-refractivity contribution in [3.8, 4) is 5.75 Å². The highest BCUT2D eigenvalue weighted by Gasteiger charge is 2.31. The van der Waals surface area contributed by atoms with E-state index in [4.69, 9.17) is 4.42 Å². The van der Waals surface area contributed by atoms with E-state index < -0.39 is 6.61 Å². The molecule has 1 aromatic heterocycles. The van der Waals surface area contributed by atoms with Crippen LogP contribution in [0, 0.1) is 0 Å². The predicted molar refractivity (Wildman–Crippen MR) is 94.8 cm³/mol. The molecule has 8 heteroatoms. The van der Waals surface area contributed by atoms with Crippen molar-refractivity contribution in [2.24, 2.45) is 0 Å². The fourth-order valence-corrected chi connectivity index (χ4v) is 3.53. The molecule has 2 aromatic rings. The molecule has 0 saturated carbocycles. The second-order valence-electron chi connectivity index (χ2n) is 6.06. The lowest BCUT2D eigenvalue weighted by molar-refractivity contribution is -0.125. The summed E-state index contributed by atoms with van der Waals surface area (Å²) < 4.78 is 35.9. The summed E-state index contributed by atoms with van der Waals surface area (Å²) in [5.41, 5.74) is 0.616. The molecule has 0 spiro atoms. The van der Waals surface area contributed by atoms with E-state index in [1.165, 1.54) is 6.07 Å². The highest BCUT2D eigenvalue weighted by molar-refractivity contribution is 9.10. The van der Waals surface area contributed by atoms with Gasteiger partial charge in [0.2, 0.25) is 5.91 Å². The smallest absolute Gasteiger partial charge is 0.387 e. The van der Waals surface area contributed by atoms with Gasteiger partial charge >= 0.3 is 6.61 Å². The quantitative estimate of drug-likeness (QED) is 0.725. The molecule has 0 aliphatic carbocycles. The Morgan fingerprint density at radius 3 is 3.00 bits per heavy atom. The van der Waals surface area contributed by atoms with Crippen molar-refractivity contribution in [1.82, 2.24) is 10.2 Å². The Hall–Kier alpha value is -1.93. The number of carbonyl (C=O) groups excluding carboxylic acids is 1. The van der Waals surface area contributed by atoms with Gasteiger partial charge in [0.15, 0.2) is 0 Å². The molecule has 5 nitrogen and oxygen atoms in total. The summed E-state index contributed by atoms with van der Waals surface area (Å²) in [6, 6.07) is 8.16. The largest absolute Gasteiger partial charge is 0.467 e. The van der Waals surface area contributed by atoms with E-state index in [2.05, 4.69) is 26.0 Å². The van der Waals surface area contributed by atoms with Crippen molar-refractivity contribution in [3.05, 3.63) is 52.4 Å². The number of hydrogen-bond donors (Lipinski definition) is 1. The molecule has 1 aliphatic rings. The van der Waals surface area contributed by atoms with Gasteiger partial charge in [-0.25, -0.2) is 0 Å². The molecular weight excluding hydrogens is 410 g/mol. The van der Waals surface area contributed by atoms with E-state index >= 15 is 0 Å². The van der Waals surface area contributed by atoms with E-state index in [9.17, 15) is 13.6 Å². The molecule has 1 amide bonds. The number of furan rings is 1. The number of benzene rings is 1. The number of ether oxygens (including phenoxy) is 1. The number of likely N-dealkylation sites (tertiary alicyclic amines) is 1. The molecule has 2 heterocycles. The average molecular weight is 429 g/mol. The molecule has 140 valence electrons. The Morgan fingerprint density at radius 1 is 1.42 bits per heavy atom. The lowest BCUT2D eigenvalue weighted by Gasteiger charge is -2.24. The van der Waals surface area contributed by atoms with Crippen LogP contribution in [0.25, 0.3) is 0 Å². The van der Waals surface area contributed by atoms with Crippen LogP contribution in [0.1, 0.15) is 24.2 Å². The summed E-state index contributed by atoms with van der Waals surface area (Å²) in [5.74, 6) is 0.720. The Balaban J connectivity index is 1.66. The SMILES string of the molecule is O=C(NCc1ccco1)C1CCCN1Cc1cc(Br)ccc1OC(F)F. The van der Waals surface area contributed by atoms with Gasteiger partial charge in [-0.05, 0) is 49.7 Å². The van der Waals surface area contributed by atoms with Gasteiger partial charge < -0.3 is 14.5 Å². The van der Waals surface area contributed by atoms with Gasteiger partial charge in [-0.2, -0.15) is 8.78 Å². The van der Waals surface area contributed by atoms with Gasteiger partial charge in [0.05, 0.1) is 18.8 Å². The minimum absolute atomic E-state index is 0.0924. The molecule has 1 fully saturated rings. The Kier molecular flexibility index (Phi) is 6.26. The number of carbonyl (C=O) groups is 1. The number of halogens is 3. The van der Waals surface area contributed by atoms with Crippen LogP contribution in [0.3, 0.4) is 0 Å². The standard InChI is InChI=1S/C18H19BrF2N2O3/c19-13-5-6-16(26-18(20)21)12(9-13)11-23-7-1-4-15(23)17(24)22-10-14-3-2-8-25-14/h2-3,5-6,8-9,15,18H,1,4,7,10-11H2,(H,22,24). The highest BCUT2D eigenvalue weighted by Crippen LogP contribution is 2.29. The van der Waals surface area contributed by atoms with Gasteiger partial charge in [0.1, 0.15) is 11.5 Å². The fourth-order valence-electron chi connectivity index (χ4n) is 3.12. The molecule has 26 heavy (non-hydrogen) atoms. The third-order valence-corrected chi connectivity index (χ3v) is 4.79. The summed E-state index contributed by atoms with van der Waals surface area (Å²) in [7, 11) is 0. The van der Waals surface area contributed by atoms with Gasteiger partial charge in [0.25, 0.3) is 0 Å². The molecule has 1 N–H and O–H groups in total. The van der Waals surface area contributed by atoms with E-state index in [0.29, 0.717) is 24.4 Å². The van der Waals surface area contributed by atoms with E-state index in [-0.39, 0.29) is 17.7 Å². The van der Waals surface area contributed by atoms with Crippen LogP contribution in [0.4, 0.5) is 8.78 Å². The van der Waals surface area contributed by atoms with Crippen LogP contribution in [0.2, 0.25) is 0 Å². The van der Waals surface area contributed by atoms with Crippen LogP contribution in [0.5, 0.6) is 5.75 Å². The first-order chi connectivity index (χ1) is 12.5. The Morgan fingerprint density at radius 2 is 2.27 bits per heavy atom. The van der Waals surface area contributed by atoms with Crippen LogP contribution in [0.15, 0.2) is 45.5 Å². The maximum atomic E-state index is 12.6. The van der Waals surface area contributed by atoms with E-state index in [0.717, 1.165) is 23.9 Å². The van der Waals surface area contributed by atoms with Crippen molar-refractivity contribution in [3.63, 3.8) is 0 Å². The number of nitrogens with zero attached hydrogens (tertiary/aromatic N) is 1. The lowest BCUT2D eigenvalue weighted by atomic mass is 10.1. The molecule has 3 rings (SSSR count). The summed E-state index contributed by atoms with van der Waals surface area (Å²) in [6.45, 7) is -1.48. The molecule has 1 aliphatic heterocycles. The van der Waals surface area contributed by atoms with Crippen molar-refractivity contribution >= 4 is 21.8 Å². The van der Waals surface area contributed by atoms with Crippen molar-refractivity contribution in [2.75, 3.05) is 6.54 Å². The van der Waals surface area contributed by atoms with Gasteiger partial charge in [-0.15, -0.1) is 0 Å². The molecular formula is C18H19BrF2N2O3. The summed E-state index contributed by atoms with van der Waals surface area (Å²) in [4.78, 5) is 14.5. The molecule has 1 saturated heterocycles. The molecule has 1 aromatic carbocycles. The molecule has 0 bridgehead atoms. The van der Waals surface area contributed by atoms with Crippen molar-refractivity contribution in [1.29, 1.82) is 0 Å². The predicted octanol–water partition coefficient (Wildman–Crippen LogP) is 3.92. The van der Waals surface area contributed by atoms with E-state index in [1.807, 2.05) is 4.90 Å². The molecule has 0 radical (unpaired) electrons. The zero-order valence-corrected chi connectivity index (χ0v) is 15.5. The van der Waals surface area contributed by atoms with Crippen molar-refractivity contribution < 1.29 is 22.7 Å². The second kappa shape index (κ2) is 8.64. The van der Waals surface area contributed by atoms with Crippen LogP contribution < -0.4 is 10.1 Å².